The van der Waals surface area contributed by atoms with E-state index in [1.54, 1.807) is 7.11 Å². The van der Waals surface area contributed by atoms with Crippen molar-refractivity contribution in [2.45, 2.75) is 61.5 Å². The number of hydrogen-bond acceptors (Lipinski definition) is 7. The minimum absolute atomic E-state index is 0.369. The Kier molecular flexibility index (Phi) is 5.20. The lowest BCUT2D eigenvalue weighted by molar-refractivity contribution is 0.365. The van der Waals surface area contributed by atoms with Crippen LogP contribution in [0.4, 0.5) is 17.5 Å². The maximum Gasteiger partial charge on any atom is 0.229 e. The maximum atomic E-state index is 5.69. The minimum atomic E-state index is 0.369. The first-order valence-electron chi connectivity index (χ1n) is 11.9. The summed E-state index contributed by atoms with van der Waals surface area (Å²) in [7, 11) is 1.70. The van der Waals surface area contributed by atoms with Crippen LogP contribution in [-0.2, 0) is 6.42 Å². The summed E-state index contributed by atoms with van der Waals surface area (Å²) in [5.74, 6) is 2.59. The van der Waals surface area contributed by atoms with Gasteiger partial charge in [0.2, 0.25) is 5.95 Å². The second kappa shape index (κ2) is 8.24. The van der Waals surface area contributed by atoms with Gasteiger partial charge in [0.1, 0.15) is 11.6 Å². The van der Waals surface area contributed by atoms with Crippen molar-refractivity contribution in [3.05, 3.63) is 42.1 Å². The number of ether oxygens (including phenoxy) is 1. The lowest BCUT2D eigenvalue weighted by Gasteiger charge is -2.37. The van der Waals surface area contributed by atoms with Gasteiger partial charge in [-0.2, -0.15) is 4.98 Å². The molecule has 2 fully saturated rings. The Labute approximate surface area is 199 Å². The van der Waals surface area contributed by atoms with Gasteiger partial charge in [-0.15, -0.1) is 11.8 Å². The van der Waals surface area contributed by atoms with Crippen molar-refractivity contribution < 1.29 is 4.74 Å². The maximum absolute atomic E-state index is 5.69. The molecule has 1 aliphatic carbocycles. The van der Waals surface area contributed by atoms with Gasteiger partial charge in [0.05, 0.1) is 35.4 Å². The molecule has 2 aromatic heterocycles. The molecular formula is C25H30N6OS. The molecule has 0 unspecified atom stereocenters. The number of thioether (sulfide) groups is 1. The van der Waals surface area contributed by atoms with Crippen molar-refractivity contribution in [1.29, 1.82) is 0 Å². The van der Waals surface area contributed by atoms with Crippen molar-refractivity contribution in [2.75, 3.05) is 30.4 Å². The van der Waals surface area contributed by atoms with Crippen LogP contribution in [-0.4, -0.2) is 44.5 Å². The number of aryl methyl sites for hydroxylation is 1. The van der Waals surface area contributed by atoms with Gasteiger partial charge >= 0.3 is 0 Å². The standard InChI is InChI=1S/C25H30N6OS/c1-17-15-31(16-26-17)20-8-7-18(13-21(20)32-2)27-24-28-19-14-25(9-6-10-25)33-22(19)23(29-24)30-11-4-3-5-12-30/h7-8,13,15-16H,3-6,9-12,14H2,1-2H3,(H,27,28,29). The van der Waals surface area contributed by atoms with Crippen LogP contribution in [0.3, 0.4) is 0 Å². The predicted octanol–water partition coefficient (Wildman–Crippen LogP) is 5.28. The van der Waals surface area contributed by atoms with Gasteiger partial charge in [0, 0.05) is 42.2 Å². The first-order valence-corrected chi connectivity index (χ1v) is 12.8. The fourth-order valence-corrected chi connectivity index (χ4v) is 6.78. The van der Waals surface area contributed by atoms with Gasteiger partial charge in [-0.1, -0.05) is 6.42 Å². The van der Waals surface area contributed by atoms with Crippen LogP contribution < -0.4 is 15.0 Å². The van der Waals surface area contributed by atoms with Crippen LogP contribution >= 0.6 is 11.8 Å². The molecule has 0 atom stereocenters. The molecule has 8 heteroatoms. The summed E-state index contributed by atoms with van der Waals surface area (Å²) in [6.45, 7) is 4.16. The highest BCUT2D eigenvalue weighted by Crippen LogP contribution is 2.57. The summed E-state index contributed by atoms with van der Waals surface area (Å²) in [6.07, 6.45) is 12.6. The zero-order valence-electron chi connectivity index (χ0n) is 19.3. The highest BCUT2D eigenvalue weighted by Gasteiger charge is 2.46. The predicted molar refractivity (Wildman–Crippen MR) is 132 cm³/mol. The summed E-state index contributed by atoms with van der Waals surface area (Å²) >= 11 is 2.05. The van der Waals surface area contributed by atoms with E-state index in [0.29, 0.717) is 10.7 Å². The molecule has 1 saturated heterocycles. The zero-order chi connectivity index (χ0) is 22.4. The smallest absolute Gasteiger partial charge is 0.229 e. The fourth-order valence-electron chi connectivity index (χ4n) is 5.14. The Balaban J connectivity index is 1.33. The number of rotatable bonds is 5. The second-order valence-corrected chi connectivity index (χ2v) is 10.9. The van der Waals surface area contributed by atoms with E-state index < -0.39 is 0 Å². The normalized spacial score (nSPS) is 18.8. The molecule has 172 valence electrons. The van der Waals surface area contributed by atoms with E-state index in [-0.39, 0.29) is 0 Å². The highest BCUT2D eigenvalue weighted by molar-refractivity contribution is 8.01. The Morgan fingerprint density at radius 2 is 1.94 bits per heavy atom. The van der Waals surface area contributed by atoms with Crippen LogP contribution in [0.2, 0.25) is 0 Å². The topological polar surface area (TPSA) is 68.1 Å². The van der Waals surface area contributed by atoms with Crippen LogP contribution in [0.5, 0.6) is 5.75 Å². The second-order valence-electron chi connectivity index (χ2n) is 9.44. The molecule has 3 aliphatic rings. The van der Waals surface area contributed by atoms with Gasteiger partial charge < -0.3 is 19.5 Å². The van der Waals surface area contributed by atoms with E-state index in [1.165, 1.54) is 49.1 Å². The van der Waals surface area contributed by atoms with Gasteiger partial charge in [0.25, 0.3) is 0 Å². The average molecular weight is 463 g/mol. The first-order chi connectivity index (χ1) is 16.1. The third kappa shape index (κ3) is 3.84. The number of imidazole rings is 1. The first kappa shape index (κ1) is 20.8. The summed E-state index contributed by atoms with van der Waals surface area (Å²) in [5, 5.41) is 3.47. The Morgan fingerprint density at radius 3 is 2.64 bits per heavy atom. The van der Waals surface area contributed by atoms with E-state index in [2.05, 4.69) is 15.2 Å². The SMILES string of the molecule is COc1cc(Nc2nc3c(c(N4CCCCC4)n2)SC2(CCC2)C3)ccc1-n1cnc(C)c1. The molecule has 4 heterocycles. The molecule has 0 bridgehead atoms. The third-order valence-corrected chi connectivity index (χ3v) is 8.68. The summed E-state index contributed by atoms with van der Waals surface area (Å²) < 4.78 is 8.04. The lowest BCUT2D eigenvalue weighted by atomic mass is 9.81. The van der Waals surface area contributed by atoms with E-state index in [9.17, 15) is 0 Å². The average Bonchev–Trinajstić information content (AvgIpc) is 3.43. The number of methoxy groups -OCH3 is 1. The number of hydrogen-bond donors (Lipinski definition) is 1. The van der Waals surface area contributed by atoms with Crippen LogP contribution in [0.15, 0.2) is 35.6 Å². The number of nitrogens with zero attached hydrogens (tertiary/aromatic N) is 5. The summed E-state index contributed by atoms with van der Waals surface area (Å²) in [6, 6.07) is 6.09. The monoisotopic (exact) mass is 462 g/mol. The highest BCUT2D eigenvalue weighted by atomic mass is 32.2. The van der Waals surface area contributed by atoms with Crippen LogP contribution in [0, 0.1) is 6.92 Å². The van der Waals surface area contributed by atoms with Gasteiger partial charge in [0.15, 0.2) is 0 Å². The van der Waals surface area contributed by atoms with E-state index in [4.69, 9.17) is 14.7 Å². The van der Waals surface area contributed by atoms with Crippen molar-refractivity contribution in [3.8, 4) is 11.4 Å². The molecule has 1 saturated carbocycles. The number of anilines is 3. The molecule has 6 rings (SSSR count). The van der Waals surface area contributed by atoms with Crippen molar-refractivity contribution in [2.24, 2.45) is 0 Å². The Hall–Kier alpha value is -2.74. The summed E-state index contributed by atoms with van der Waals surface area (Å²) in [5.41, 5.74) is 4.06. The molecule has 0 amide bonds. The number of nitrogens with one attached hydrogen (secondary N) is 1. The van der Waals surface area contributed by atoms with Crippen LogP contribution in [0.1, 0.15) is 49.9 Å². The Bertz CT molecular complexity index is 1180. The van der Waals surface area contributed by atoms with Gasteiger partial charge in [-0.25, -0.2) is 9.97 Å². The Morgan fingerprint density at radius 1 is 1.09 bits per heavy atom. The van der Waals surface area contributed by atoms with E-state index in [0.717, 1.165) is 48.1 Å². The van der Waals surface area contributed by atoms with Crippen LogP contribution in [0.25, 0.3) is 5.69 Å². The zero-order valence-corrected chi connectivity index (χ0v) is 20.1. The van der Waals surface area contributed by atoms with Gasteiger partial charge in [-0.05, 0) is 51.2 Å². The number of benzene rings is 1. The number of fused-ring (bicyclic) bond motifs is 1. The number of piperidine rings is 1. The van der Waals surface area contributed by atoms with E-state index >= 15 is 0 Å². The molecular weight excluding hydrogens is 432 g/mol. The third-order valence-electron chi connectivity index (χ3n) is 7.07. The van der Waals surface area contributed by atoms with Crippen molar-refractivity contribution in [1.82, 2.24) is 19.5 Å². The number of aromatic nitrogens is 4. The summed E-state index contributed by atoms with van der Waals surface area (Å²) in [4.78, 5) is 18.2. The molecule has 3 aromatic rings. The molecule has 1 N–H and O–H groups in total. The van der Waals surface area contributed by atoms with Gasteiger partial charge in [-0.3, -0.25) is 0 Å². The minimum Gasteiger partial charge on any atom is -0.494 e. The molecule has 2 aliphatic heterocycles. The quantitative estimate of drug-likeness (QED) is 0.553. The van der Waals surface area contributed by atoms with Crippen molar-refractivity contribution >= 4 is 29.2 Å². The molecule has 33 heavy (non-hydrogen) atoms. The molecule has 0 radical (unpaired) electrons. The molecule has 7 nitrogen and oxygen atoms in total. The lowest BCUT2D eigenvalue weighted by Crippen LogP contribution is -2.32. The molecule has 1 spiro atoms. The largest absolute Gasteiger partial charge is 0.494 e. The fraction of sp³-hybridized carbons (Fsp3) is 0.480. The molecule has 1 aromatic carbocycles. The van der Waals surface area contributed by atoms with E-state index in [1.807, 2.05) is 54.0 Å². The van der Waals surface area contributed by atoms with Crippen molar-refractivity contribution in [3.63, 3.8) is 0 Å².